The van der Waals surface area contributed by atoms with Crippen LogP contribution in [0.1, 0.15) is 15.9 Å². The van der Waals surface area contributed by atoms with E-state index in [0.29, 0.717) is 32.1 Å². The Balaban J connectivity index is 1.44. The standard InChI is InChI=1S/C29H20Cl4N2O6/c1-38-26-14-17(2-13-25(26)41-28(37)23-12-7-20(32)15-24(23)33)16-34-35-27(36)29(39-21-8-3-18(30)4-9-21)40-22-10-5-19(31)6-11-22/h2-16,29H,1H3,(H,35,36)/b34-16-. The van der Waals surface area contributed by atoms with Crippen molar-refractivity contribution in [1.82, 2.24) is 5.43 Å². The maximum absolute atomic E-state index is 12.9. The number of carbonyl (C=O) groups excluding carboxylic acids is 2. The molecule has 4 rings (SSSR count). The van der Waals surface area contributed by atoms with Crippen LogP contribution >= 0.6 is 46.4 Å². The molecule has 0 saturated carbocycles. The second-order valence-electron chi connectivity index (χ2n) is 8.13. The van der Waals surface area contributed by atoms with Gasteiger partial charge in [0.05, 0.1) is 23.9 Å². The minimum absolute atomic E-state index is 0.141. The largest absolute Gasteiger partial charge is 0.493 e. The molecule has 0 aliphatic rings. The van der Waals surface area contributed by atoms with E-state index in [1.165, 1.54) is 37.6 Å². The fraction of sp³-hybridized carbons (Fsp3) is 0.0690. The molecule has 210 valence electrons. The third-order valence-electron chi connectivity index (χ3n) is 5.26. The predicted octanol–water partition coefficient (Wildman–Crippen LogP) is 7.46. The highest BCUT2D eigenvalue weighted by atomic mass is 35.5. The average molecular weight is 634 g/mol. The topological polar surface area (TPSA) is 95.5 Å². The van der Waals surface area contributed by atoms with Crippen molar-refractivity contribution >= 4 is 64.5 Å². The smallest absolute Gasteiger partial charge is 0.345 e. The van der Waals surface area contributed by atoms with Crippen LogP contribution in [-0.2, 0) is 4.79 Å². The van der Waals surface area contributed by atoms with Gasteiger partial charge in [0.2, 0.25) is 0 Å². The maximum atomic E-state index is 12.9. The number of hydrazone groups is 1. The Morgan fingerprint density at radius 1 is 0.756 bits per heavy atom. The van der Waals surface area contributed by atoms with Crippen LogP contribution in [0.5, 0.6) is 23.0 Å². The van der Waals surface area contributed by atoms with E-state index >= 15 is 0 Å². The summed E-state index contributed by atoms with van der Waals surface area (Å²) in [6.45, 7) is 0. The number of benzene rings is 4. The average Bonchev–Trinajstić information content (AvgIpc) is 2.95. The quantitative estimate of drug-likeness (QED) is 0.0640. The molecule has 0 atom stereocenters. The predicted molar refractivity (Wildman–Crippen MR) is 158 cm³/mol. The van der Waals surface area contributed by atoms with Crippen LogP contribution in [0.2, 0.25) is 20.1 Å². The molecule has 0 fully saturated rings. The number of nitrogens with one attached hydrogen (secondary N) is 1. The van der Waals surface area contributed by atoms with Crippen LogP contribution in [-0.4, -0.2) is 31.5 Å². The maximum Gasteiger partial charge on any atom is 0.345 e. The van der Waals surface area contributed by atoms with E-state index in [2.05, 4.69) is 10.5 Å². The summed E-state index contributed by atoms with van der Waals surface area (Å²) in [6, 6.07) is 22.0. The molecular formula is C29H20Cl4N2O6. The molecular weight excluding hydrogens is 614 g/mol. The molecule has 8 nitrogen and oxygen atoms in total. The fourth-order valence-electron chi connectivity index (χ4n) is 3.29. The molecule has 4 aromatic carbocycles. The zero-order chi connectivity index (χ0) is 29.4. The Bertz CT molecular complexity index is 1520. The lowest BCUT2D eigenvalue weighted by Gasteiger charge is -2.19. The molecule has 0 spiro atoms. The van der Waals surface area contributed by atoms with E-state index < -0.39 is 18.2 Å². The lowest BCUT2D eigenvalue weighted by Crippen LogP contribution is -2.40. The summed E-state index contributed by atoms with van der Waals surface area (Å²) in [7, 11) is 1.41. The number of esters is 1. The number of hydrogen-bond acceptors (Lipinski definition) is 7. The van der Waals surface area contributed by atoms with E-state index in [9.17, 15) is 9.59 Å². The van der Waals surface area contributed by atoms with Gasteiger partial charge in [0.1, 0.15) is 11.5 Å². The second-order valence-corrected chi connectivity index (χ2v) is 9.85. The van der Waals surface area contributed by atoms with E-state index in [4.69, 9.17) is 65.4 Å². The molecule has 0 aromatic heterocycles. The first-order chi connectivity index (χ1) is 19.7. The molecule has 0 saturated heterocycles. The molecule has 0 bridgehead atoms. The minimum atomic E-state index is -1.40. The zero-order valence-electron chi connectivity index (χ0n) is 21.1. The van der Waals surface area contributed by atoms with E-state index in [-0.39, 0.29) is 22.1 Å². The number of hydrogen-bond donors (Lipinski definition) is 1. The third kappa shape index (κ3) is 8.52. The van der Waals surface area contributed by atoms with Crippen molar-refractivity contribution in [3.8, 4) is 23.0 Å². The van der Waals surface area contributed by atoms with Gasteiger partial charge in [-0.15, -0.1) is 0 Å². The Hall–Kier alpha value is -3.95. The van der Waals surface area contributed by atoms with Gasteiger partial charge in [0, 0.05) is 15.1 Å². The Morgan fingerprint density at radius 2 is 1.34 bits per heavy atom. The molecule has 0 aliphatic heterocycles. The molecule has 12 heteroatoms. The van der Waals surface area contributed by atoms with Crippen LogP contribution in [0, 0.1) is 0 Å². The van der Waals surface area contributed by atoms with Crippen LogP contribution in [0.25, 0.3) is 0 Å². The number of amides is 1. The number of nitrogens with zero attached hydrogens (tertiary/aromatic N) is 1. The summed E-state index contributed by atoms with van der Waals surface area (Å²) >= 11 is 23.9. The second kappa shape index (κ2) is 14.1. The highest BCUT2D eigenvalue weighted by Crippen LogP contribution is 2.30. The summed E-state index contributed by atoms with van der Waals surface area (Å²) in [5.74, 6) is -0.287. The molecule has 4 aromatic rings. The SMILES string of the molecule is COc1cc(/C=N\NC(=O)C(Oc2ccc(Cl)cc2)Oc2ccc(Cl)cc2)ccc1OC(=O)c1ccc(Cl)cc1Cl. The van der Waals surface area contributed by atoms with Gasteiger partial charge in [-0.05, 0) is 90.5 Å². The van der Waals surface area contributed by atoms with Crippen LogP contribution in [0.4, 0.5) is 0 Å². The van der Waals surface area contributed by atoms with Crippen molar-refractivity contribution < 1.29 is 28.5 Å². The molecule has 1 N–H and O–H groups in total. The molecule has 0 aliphatic carbocycles. The first-order valence-electron chi connectivity index (χ1n) is 11.7. The van der Waals surface area contributed by atoms with Gasteiger partial charge >= 0.3 is 18.2 Å². The van der Waals surface area contributed by atoms with Crippen molar-refractivity contribution in [3.05, 3.63) is 116 Å². The van der Waals surface area contributed by atoms with Gasteiger partial charge in [-0.25, -0.2) is 10.2 Å². The van der Waals surface area contributed by atoms with Gasteiger partial charge in [0.15, 0.2) is 11.5 Å². The number of methoxy groups -OCH3 is 1. The Kier molecular flexibility index (Phi) is 10.3. The van der Waals surface area contributed by atoms with Crippen LogP contribution in [0.3, 0.4) is 0 Å². The van der Waals surface area contributed by atoms with Gasteiger partial charge < -0.3 is 18.9 Å². The molecule has 0 radical (unpaired) electrons. The number of carbonyl (C=O) groups is 2. The molecule has 1 amide bonds. The Morgan fingerprint density at radius 3 is 1.90 bits per heavy atom. The molecule has 41 heavy (non-hydrogen) atoms. The first-order valence-corrected chi connectivity index (χ1v) is 13.3. The fourth-order valence-corrected chi connectivity index (χ4v) is 4.02. The molecule has 0 heterocycles. The van der Waals surface area contributed by atoms with E-state index in [0.717, 1.165) is 0 Å². The number of halogens is 4. The third-order valence-corrected chi connectivity index (χ3v) is 6.31. The summed E-state index contributed by atoms with van der Waals surface area (Å²) in [5.41, 5.74) is 3.06. The number of rotatable bonds is 10. The van der Waals surface area contributed by atoms with Crippen molar-refractivity contribution in [2.45, 2.75) is 6.29 Å². The minimum Gasteiger partial charge on any atom is -0.493 e. The van der Waals surface area contributed by atoms with Crippen molar-refractivity contribution in [1.29, 1.82) is 0 Å². The van der Waals surface area contributed by atoms with Crippen molar-refractivity contribution in [2.24, 2.45) is 5.10 Å². The summed E-state index contributed by atoms with van der Waals surface area (Å²) in [4.78, 5) is 25.5. The first kappa shape index (κ1) is 30.0. The summed E-state index contributed by atoms with van der Waals surface area (Å²) < 4.78 is 22.2. The summed E-state index contributed by atoms with van der Waals surface area (Å²) in [6.07, 6.45) is -0.0329. The van der Waals surface area contributed by atoms with Gasteiger partial charge in [-0.3, -0.25) is 4.79 Å². The van der Waals surface area contributed by atoms with Crippen LogP contribution < -0.4 is 24.4 Å². The van der Waals surface area contributed by atoms with Crippen LogP contribution in [0.15, 0.2) is 90.0 Å². The van der Waals surface area contributed by atoms with E-state index in [1.54, 1.807) is 60.7 Å². The van der Waals surface area contributed by atoms with E-state index in [1.807, 2.05) is 0 Å². The highest BCUT2D eigenvalue weighted by molar-refractivity contribution is 6.36. The van der Waals surface area contributed by atoms with Crippen molar-refractivity contribution in [3.63, 3.8) is 0 Å². The summed E-state index contributed by atoms with van der Waals surface area (Å²) in [5, 5.41) is 5.54. The normalized spacial score (nSPS) is 10.9. The monoisotopic (exact) mass is 632 g/mol. The Labute approximate surface area is 255 Å². The van der Waals surface area contributed by atoms with Crippen molar-refractivity contribution in [2.75, 3.05) is 7.11 Å². The van der Waals surface area contributed by atoms with Gasteiger partial charge in [-0.1, -0.05) is 46.4 Å². The zero-order valence-corrected chi connectivity index (χ0v) is 24.2. The lowest BCUT2D eigenvalue weighted by atomic mass is 10.2. The molecule has 0 unspecified atom stereocenters. The number of ether oxygens (including phenoxy) is 4. The lowest BCUT2D eigenvalue weighted by molar-refractivity contribution is -0.140. The highest BCUT2D eigenvalue weighted by Gasteiger charge is 2.23. The van der Waals surface area contributed by atoms with Gasteiger partial charge in [0.25, 0.3) is 0 Å². The van der Waals surface area contributed by atoms with Gasteiger partial charge in [-0.2, -0.15) is 5.10 Å².